The number of rotatable bonds is 3. The first-order chi connectivity index (χ1) is 8.61. The second-order valence-electron chi connectivity index (χ2n) is 3.33. The van der Waals surface area contributed by atoms with E-state index in [9.17, 15) is 4.39 Å². The van der Waals surface area contributed by atoms with E-state index >= 15 is 0 Å². The van der Waals surface area contributed by atoms with Crippen molar-refractivity contribution in [1.82, 2.24) is 4.98 Å². The van der Waals surface area contributed by atoms with Gasteiger partial charge in [0.2, 0.25) is 0 Å². The van der Waals surface area contributed by atoms with Gasteiger partial charge in [0.25, 0.3) is 0 Å². The van der Waals surface area contributed by atoms with Gasteiger partial charge in [0.15, 0.2) is 10.3 Å². The number of halogens is 3. The zero-order valence-electron chi connectivity index (χ0n) is 8.88. The summed E-state index contributed by atoms with van der Waals surface area (Å²) in [6.45, 7) is 0.417. The molecule has 0 radical (unpaired) electrons. The number of nitrogens with zero attached hydrogens (tertiary/aromatic N) is 2. The van der Waals surface area contributed by atoms with Crippen LogP contribution in [0.5, 0.6) is 0 Å². The highest BCUT2D eigenvalue weighted by atomic mass is 35.5. The third kappa shape index (κ3) is 2.72. The Kier molecular flexibility index (Phi) is 4.02. The Bertz CT molecular complexity index is 621. The Morgan fingerprint density at radius 2 is 2.22 bits per heavy atom. The molecule has 7 heteroatoms. The van der Waals surface area contributed by atoms with Crippen LogP contribution in [0.1, 0.15) is 10.4 Å². The maximum atomic E-state index is 13.6. The van der Waals surface area contributed by atoms with Crippen LogP contribution in [0.3, 0.4) is 0 Å². The monoisotopic (exact) mass is 301 g/mol. The van der Waals surface area contributed by atoms with E-state index in [2.05, 4.69) is 10.3 Å². The predicted molar refractivity (Wildman–Crippen MR) is 70.6 cm³/mol. The fourth-order valence-electron chi connectivity index (χ4n) is 1.35. The predicted octanol–water partition coefficient (Wildman–Crippen LogP) is 4.07. The van der Waals surface area contributed by atoms with Gasteiger partial charge in [-0.2, -0.15) is 5.26 Å². The zero-order chi connectivity index (χ0) is 13.1. The summed E-state index contributed by atoms with van der Waals surface area (Å²) < 4.78 is 14.0. The number of nitriles is 1. The topological polar surface area (TPSA) is 48.7 Å². The van der Waals surface area contributed by atoms with Gasteiger partial charge in [0.1, 0.15) is 11.6 Å². The van der Waals surface area contributed by atoms with Gasteiger partial charge in [0, 0.05) is 11.1 Å². The maximum absolute atomic E-state index is 13.6. The van der Waals surface area contributed by atoms with Crippen LogP contribution in [0.15, 0.2) is 18.3 Å². The van der Waals surface area contributed by atoms with Gasteiger partial charge in [-0.25, -0.2) is 9.37 Å². The number of nitrogens with one attached hydrogen (secondary N) is 1. The number of benzene rings is 1. The van der Waals surface area contributed by atoms with Gasteiger partial charge in [-0.1, -0.05) is 23.2 Å². The van der Waals surface area contributed by atoms with Crippen molar-refractivity contribution in [1.29, 1.82) is 5.26 Å². The first-order valence-corrected chi connectivity index (χ1v) is 6.41. The highest BCUT2D eigenvalue weighted by Gasteiger charge is 2.12. The molecule has 0 spiro atoms. The molecule has 18 heavy (non-hydrogen) atoms. The zero-order valence-corrected chi connectivity index (χ0v) is 11.2. The molecule has 0 aliphatic carbocycles. The molecule has 2 aromatic rings. The lowest BCUT2D eigenvalue weighted by Gasteiger charge is -2.08. The molecule has 1 aromatic carbocycles. The summed E-state index contributed by atoms with van der Waals surface area (Å²) in [5, 5.41) is 11.8. The summed E-state index contributed by atoms with van der Waals surface area (Å²) in [7, 11) is 0. The van der Waals surface area contributed by atoms with Crippen LogP contribution < -0.4 is 5.32 Å². The van der Waals surface area contributed by atoms with Gasteiger partial charge >= 0.3 is 0 Å². The van der Waals surface area contributed by atoms with E-state index < -0.39 is 5.82 Å². The van der Waals surface area contributed by atoms with E-state index in [0.29, 0.717) is 16.7 Å². The fraction of sp³-hybridized carbons (Fsp3) is 0.0909. The molecule has 0 aliphatic rings. The van der Waals surface area contributed by atoms with Crippen molar-refractivity contribution in [3.63, 3.8) is 0 Å². The molecule has 2 rings (SSSR count). The summed E-state index contributed by atoms with van der Waals surface area (Å²) >= 11 is 12.6. The van der Waals surface area contributed by atoms with E-state index in [4.69, 9.17) is 28.5 Å². The molecule has 1 N–H and O–H groups in total. The average Bonchev–Trinajstić information content (AvgIpc) is 2.77. The van der Waals surface area contributed by atoms with Crippen LogP contribution in [0.25, 0.3) is 0 Å². The molecule has 0 amide bonds. The molecular weight excluding hydrogens is 296 g/mol. The quantitative estimate of drug-likeness (QED) is 0.929. The third-order valence-electron chi connectivity index (χ3n) is 2.19. The van der Waals surface area contributed by atoms with Gasteiger partial charge in [-0.15, -0.1) is 11.3 Å². The standard InChI is InChI=1S/C11H6Cl2FN3S/c12-8-1-2-9(7(3-15)10(8)14)16-4-6-5-17-11(13)18-6/h1-2,5,16H,4H2. The SMILES string of the molecule is N#Cc1c(NCc2cnc(Cl)s2)ccc(Cl)c1F. The van der Waals surface area contributed by atoms with Crippen LogP contribution in [-0.4, -0.2) is 4.98 Å². The molecule has 0 bridgehead atoms. The number of hydrogen-bond acceptors (Lipinski definition) is 4. The largest absolute Gasteiger partial charge is 0.379 e. The normalized spacial score (nSPS) is 10.1. The van der Waals surface area contributed by atoms with Crippen LogP contribution in [0.4, 0.5) is 10.1 Å². The molecule has 1 aromatic heterocycles. The molecule has 0 fully saturated rings. The first kappa shape index (κ1) is 13.1. The molecule has 0 saturated heterocycles. The van der Waals surface area contributed by atoms with Crippen LogP contribution >= 0.6 is 34.5 Å². The Hall–Kier alpha value is -1.35. The molecule has 0 saturated carbocycles. The lowest BCUT2D eigenvalue weighted by Crippen LogP contribution is -2.01. The van der Waals surface area contributed by atoms with Crippen molar-refractivity contribution >= 4 is 40.2 Å². The lowest BCUT2D eigenvalue weighted by atomic mass is 10.2. The number of thiazole rings is 1. The van der Waals surface area contributed by atoms with E-state index in [0.717, 1.165) is 4.88 Å². The van der Waals surface area contributed by atoms with Crippen molar-refractivity contribution in [2.75, 3.05) is 5.32 Å². The van der Waals surface area contributed by atoms with Crippen LogP contribution in [0, 0.1) is 17.1 Å². The van der Waals surface area contributed by atoms with Crippen molar-refractivity contribution in [2.45, 2.75) is 6.54 Å². The maximum Gasteiger partial charge on any atom is 0.183 e. The number of anilines is 1. The van der Waals surface area contributed by atoms with E-state index in [1.54, 1.807) is 18.3 Å². The Morgan fingerprint density at radius 3 is 2.83 bits per heavy atom. The van der Waals surface area contributed by atoms with Crippen LogP contribution in [-0.2, 0) is 6.54 Å². The summed E-state index contributed by atoms with van der Waals surface area (Å²) in [5.41, 5.74) is 0.294. The summed E-state index contributed by atoms with van der Waals surface area (Å²) in [4.78, 5) is 4.78. The van der Waals surface area contributed by atoms with Crippen molar-refractivity contribution in [2.24, 2.45) is 0 Å². The summed E-state index contributed by atoms with van der Waals surface area (Å²) in [6.07, 6.45) is 1.62. The van der Waals surface area contributed by atoms with Crippen molar-refractivity contribution < 1.29 is 4.39 Å². The third-order valence-corrected chi connectivity index (χ3v) is 3.59. The summed E-state index contributed by atoms with van der Waals surface area (Å²) in [6, 6.07) is 4.75. The first-order valence-electron chi connectivity index (χ1n) is 4.84. The van der Waals surface area contributed by atoms with Crippen molar-refractivity contribution in [3.05, 3.63) is 44.1 Å². The molecule has 0 unspecified atom stereocenters. The van der Waals surface area contributed by atoms with Crippen molar-refractivity contribution in [3.8, 4) is 6.07 Å². The van der Waals surface area contributed by atoms with E-state index in [1.165, 1.54) is 17.4 Å². The fourth-order valence-corrected chi connectivity index (χ4v) is 2.43. The minimum atomic E-state index is -0.716. The minimum absolute atomic E-state index is 0.0714. The second-order valence-corrected chi connectivity index (χ2v) is 5.43. The Labute approximate surface area is 117 Å². The molecule has 1 heterocycles. The lowest BCUT2D eigenvalue weighted by molar-refractivity contribution is 0.625. The molecule has 92 valence electrons. The average molecular weight is 302 g/mol. The molecule has 3 nitrogen and oxygen atoms in total. The minimum Gasteiger partial charge on any atom is -0.379 e. The van der Waals surface area contributed by atoms with Crippen LogP contribution in [0.2, 0.25) is 9.49 Å². The second kappa shape index (κ2) is 5.53. The van der Waals surface area contributed by atoms with E-state index in [-0.39, 0.29) is 10.6 Å². The smallest absolute Gasteiger partial charge is 0.183 e. The highest BCUT2D eigenvalue weighted by Crippen LogP contribution is 2.26. The highest BCUT2D eigenvalue weighted by molar-refractivity contribution is 7.15. The van der Waals surface area contributed by atoms with Gasteiger partial charge in [-0.3, -0.25) is 0 Å². The molecular formula is C11H6Cl2FN3S. The van der Waals surface area contributed by atoms with Gasteiger partial charge in [-0.05, 0) is 12.1 Å². The van der Waals surface area contributed by atoms with Gasteiger partial charge < -0.3 is 5.32 Å². The molecule has 0 atom stereocenters. The van der Waals surface area contributed by atoms with E-state index in [1.807, 2.05) is 0 Å². The Balaban J connectivity index is 2.20. The number of aromatic nitrogens is 1. The number of hydrogen-bond donors (Lipinski definition) is 1. The molecule has 0 aliphatic heterocycles. The Morgan fingerprint density at radius 1 is 1.44 bits per heavy atom. The van der Waals surface area contributed by atoms with Gasteiger partial charge in [0.05, 0.1) is 17.3 Å². The summed E-state index contributed by atoms with van der Waals surface area (Å²) in [5.74, 6) is -0.716.